The molecule has 11 aromatic rings. The van der Waals surface area contributed by atoms with Crippen molar-refractivity contribution in [2.45, 2.75) is 24.7 Å². The van der Waals surface area contributed by atoms with E-state index < -0.39 is 5.41 Å². The smallest absolute Gasteiger partial charge is 0.0754 e. The zero-order valence-electron chi connectivity index (χ0n) is 36.8. The minimum Gasteiger partial charge on any atom is -0.310 e. The lowest BCUT2D eigenvalue weighted by Crippen LogP contribution is -2.33. The van der Waals surface area contributed by atoms with Crippen molar-refractivity contribution in [2.24, 2.45) is 0 Å². The second kappa shape index (κ2) is 13.7. The third-order valence-corrected chi connectivity index (χ3v) is 15.2. The summed E-state index contributed by atoms with van der Waals surface area (Å²) >= 11 is 0. The first-order valence-electron chi connectivity index (χ1n) is 23.2. The molecular formula is C64H44N2. The summed E-state index contributed by atoms with van der Waals surface area (Å²) in [6.07, 6.45) is 0. The Bertz CT molecular complexity index is 3760. The number of benzene rings is 10. The number of hydrogen-bond acceptors (Lipinski definition) is 1. The van der Waals surface area contributed by atoms with E-state index in [1.54, 1.807) is 0 Å². The van der Waals surface area contributed by atoms with Crippen molar-refractivity contribution < 1.29 is 0 Å². The molecule has 0 N–H and O–H groups in total. The van der Waals surface area contributed by atoms with Crippen LogP contribution in [0.4, 0.5) is 17.1 Å². The largest absolute Gasteiger partial charge is 0.310 e. The van der Waals surface area contributed by atoms with Gasteiger partial charge in [-0.3, -0.25) is 0 Å². The van der Waals surface area contributed by atoms with Crippen LogP contribution in [0, 0.1) is 0 Å². The van der Waals surface area contributed by atoms with E-state index in [0.717, 1.165) is 17.1 Å². The maximum absolute atomic E-state index is 2.56. The topological polar surface area (TPSA) is 8.17 Å². The number of anilines is 3. The van der Waals surface area contributed by atoms with Crippen LogP contribution in [0.5, 0.6) is 0 Å². The Morgan fingerprint density at radius 2 is 0.879 bits per heavy atom. The quantitative estimate of drug-likeness (QED) is 0.168. The van der Waals surface area contributed by atoms with Gasteiger partial charge in [-0.2, -0.15) is 0 Å². The molecule has 1 aromatic heterocycles. The van der Waals surface area contributed by atoms with Crippen LogP contribution in [0.15, 0.2) is 231 Å². The standard InChI is InChI=1S/C64H44N2/c1-63(2)53-28-10-6-24-48(53)51-35-34-46(40-58(51)63)65(44-22-16-20-42(38-44)41-18-4-3-5-19-41)45-23-17-21-43(39-45)47-36-37-57-62-61(47)52-27-9-14-32-59(52)66(62)60-33-15-13-31-56(60)64(57)54-29-11-7-25-49(54)50-26-8-12-30-55(50)64/h3-40H,1-2H3. The molecule has 3 aliphatic rings. The van der Waals surface area contributed by atoms with Gasteiger partial charge in [0.25, 0.3) is 0 Å². The zero-order valence-corrected chi connectivity index (χ0v) is 36.8. The van der Waals surface area contributed by atoms with Crippen molar-refractivity contribution in [3.8, 4) is 50.2 Å². The van der Waals surface area contributed by atoms with Gasteiger partial charge in [0, 0.05) is 33.2 Å². The van der Waals surface area contributed by atoms with Gasteiger partial charge in [-0.15, -0.1) is 0 Å². The van der Waals surface area contributed by atoms with Gasteiger partial charge < -0.3 is 9.47 Å². The number of fused-ring (bicyclic) bond motifs is 15. The maximum atomic E-state index is 2.56. The van der Waals surface area contributed by atoms with Gasteiger partial charge in [0.15, 0.2) is 0 Å². The Kier molecular flexibility index (Phi) is 7.70. The van der Waals surface area contributed by atoms with Gasteiger partial charge >= 0.3 is 0 Å². The van der Waals surface area contributed by atoms with Gasteiger partial charge in [0.1, 0.15) is 0 Å². The van der Waals surface area contributed by atoms with Crippen LogP contribution in [-0.2, 0) is 10.8 Å². The Morgan fingerprint density at radius 3 is 1.62 bits per heavy atom. The van der Waals surface area contributed by atoms with Crippen LogP contribution < -0.4 is 4.90 Å². The van der Waals surface area contributed by atoms with E-state index in [-0.39, 0.29) is 5.41 Å². The lowest BCUT2D eigenvalue weighted by atomic mass is 9.65. The SMILES string of the molecule is CC1(C)c2ccccc2-c2ccc(N(c3cccc(-c4ccccc4)c3)c3cccc(-c4ccc5c6c4c4ccccc4n6-c4ccccc4C54c5ccccc5-c5ccccc54)c3)cc21. The Labute approximate surface area is 385 Å². The van der Waals surface area contributed by atoms with Crippen LogP contribution in [0.25, 0.3) is 72.0 Å². The van der Waals surface area contributed by atoms with E-state index >= 15 is 0 Å². The normalized spacial score (nSPS) is 14.2. The summed E-state index contributed by atoms with van der Waals surface area (Å²) in [6, 6.07) is 86.2. The molecule has 0 bridgehead atoms. The molecule has 14 rings (SSSR count). The first-order valence-corrected chi connectivity index (χ1v) is 23.2. The summed E-state index contributed by atoms with van der Waals surface area (Å²) in [6.45, 7) is 4.74. The number of para-hydroxylation sites is 2. The predicted octanol–water partition coefficient (Wildman–Crippen LogP) is 16.6. The molecule has 0 saturated heterocycles. The van der Waals surface area contributed by atoms with E-state index in [1.807, 2.05) is 0 Å². The number of nitrogens with zero attached hydrogens (tertiary/aromatic N) is 2. The van der Waals surface area contributed by atoms with E-state index in [1.165, 1.54) is 105 Å². The number of rotatable bonds is 5. The van der Waals surface area contributed by atoms with Crippen LogP contribution >= 0.6 is 0 Å². The summed E-state index contributed by atoms with van der Waals surface area (Å²) in [7, 11) is 0. The highest BCUT2D eigenvalue weighted by Gasteiger charge is 2.51. The molecule has 0 fully saturated rings. The fourth-order valence-corrected chi connectivity index (χ4v) is 12.4. The Morgan fingerprint density at radius 1 is 0.348 bits per heavy atom. The summed E-state index contributed by atoms with van der Waals surface area (Å²) in [4.78, 5) is 2.46. The van der Waals surface area contributed by atoms with Crippen molar-refractivity contribution >= 4 is 38.9 Å². The zero-order chi connectivity index (χ0) is 43.7. The highest BCUT2D eigenvalue weighted by atomic mass is 15.1. The second-order valence-electron chi connectivity index (χ2n) is 18.8. The maximum Gasteiger partial charge on any atom is 0.0754 e. The molecule has 0 unspecified atom stereocenters. The summed E-state index contributed by atoms with van der Waals surface area (Å²) in [5.41, 5.74) is 24.6. The van der Waals surface area contributed by atoms with E-state index in [9.17, 15) is 0 Å². The Hall–Kier alpha value is -8.20. The van der Waals surface area contributed by atoms with E-state index in [4.69, 9.17) is 0 Å². The molecule has 2 heteroatoms. The molecule has 0 atom stereocenters. The number of hydrogen-bond donors (Lipinski definition) is 0. The lowest BCUT2D eigenvalue weighted by Gasteiger charge is -2.39. The first-order chi connectivity index (χ1) is 32.5. The van der Waals surface area contributed by atoms with E-state index in [2.05, 4.69) is 254 Å². The third kappa shape index (κ3) is 4.91. The Balaban J connectivity index is 1.02. The molecule has 310 valence electrons. The molecule has 1 aliphatic heterocycles. The summed E-state index contributed by atoms with van der Waals surface area (Å²) in [5, 5.41) is 2.54. The van der Waals surface area contributed by atoms with Crippen molar-refractivity contribution in [1.82, 2.24) is 4.57 Å². The van der Waals surface area contributed by atoms with E-state index in [0.29, 0.717) is 0 Å². The van der Waals surface area contributed by atoms with Crippen LogP contribution in [0.1, 0.15) is 47.2 Å². The predicted molar refractivity (Wildman–Crippen MR) is 275 cm³/mol. The van der Waals surface area contributed by atoms with Gasteiger partial charge in [0.05, 0.1) is 22.1 Å². The van der Waals surface area contributed by atoms with Gasteiger partial charge in [-0.1, -0.05) is 196 Å². The summed E-state index contributed by atoms with van der Waals surface area (Å²) in [5.74, 6) is 0. The molecule has 2 aliphatic carbocycles. The molecule has 10 aromatic carbocycles. The molecular weight excluding hydrogens is 797 g/mol. The average Bonchev–Trinajstić information content (AvgIpc) is 3.96. The van der Waals surface area contributed by atoms with Crippen molar-refractivity contribution in [1.29, 1.82) is 0 Å². The molecule has 2 nitrogen and oxygen atoms in total. The molecule has 66 heavy (non-hydrogen) atoms. The fraction of sp³-hybridized carbons (Fsp3) is 0.0625. The minimum atomic E-state index is -0.478. The van der Waals surface area contributed by atoms with Crippen LogP contribution in [-0.4, -0.2) is 4.57 Å². The van der Waals surface area contributed by atoms with Gasteiger partial charge in [-0.05, 0) is 126 Å². The average molecular weight is 841 g/mol. The van der Waals surface area contributed by atoms with Crippen LogP contribution in [0.3, 0.4) is 0 Å². The van der Waals surface area contributed by atoms with Crippen molar-refractivity contribution in [3.05, 3.63) is 264 Å². The highest BCUT2D eigenvalue weighted by Crippen LogP contribution is 2.62. The van der Waals surface area contributed by atoms with Crippen molar-refractivity contribution in [3.63, 3.8) is 0 Å². The molecule has 0 saturated carbocycles. The third-order valence-electron chi connectivity index (χ3n) is 15.2. The monoisotopic (exact) mass is 840 g/mol. The molecule has 0 radical (unpaired) electrons. The molecule has 2 heterocycles. The summed E-state index contributed by atoms with van der Waals surface area (Å²) < 4.78 is 2.56. The van der Waals surface area contributed by atoms with Gasteiger partial charge in [0.2, 0.25) is 0 Å². The van der Waals surface area contributed by atoms with Gasteiger partial charge in [-0.25, -0.2) is 0 Å². The fourth-order valence-electron chi connectivity index (χ4n) is 12.4. The van der Waals surface area contributed by atoms with Crippen molar-refractivity contribution in [2.75, 3.05) is 4.90 Å². The second-order valence-corrected chi connectivity index (χ2v) is 18.8. The first kappa shape index (κ1) is 37.2. The molecule has 1 spiro atoms. The molecule has 0 amide bonds. The van der Waals surface area contributed by atoms with Crippen LogP contribution in [0.2, 0.25) is 0 Å². The number of aromatic nitrogens is 1. The minimum absolute atomic E-state index is 0.135. The lowest BCUT2D eigenvalue weighted by molar-refractivity contribution is 0.660. The highest BCUT2D eigenvalue weighted by molar-refractivity contribution is 6.18.